The molecule has 0 spiro atoms. The first-order valence-corrected chi connectivity index (χ1v) is 13.3. The van der Waals surface area contributed by atoms with Gasteiger partial charge in [0.2, 0.25) is 0 Å². The molecule has 0 amide bonds. The molecule has 0 radical (unpaired) electrons. The molecule has 0 N–H and O–H groups in total. The average molecular weight is 407 g/mol. The van der Waals surface area contributed by atoms with E-state index in [-0.39, 0.29) is 0 Å². The van der Waals surface area contributed by atoms with E-state index in [4.69, 9.17) is 11.6 Å². The monoisotopic (exact) mass is 406 g/mol. The van der Waals surface area contributed by atoms with Gasteiger partial charge in [0.1, 0.15) is 0 Å². The third-order valence-corrected chi connectivity index (χ3v) is 11.2. The van der Waals surface area contributed by atoms with Crippen LogP contribution in [0.5, 0.6) is 0 Å². The van der Waals surface area contributed by atoms with E-state index < -0.39 is 0 Å². The van der Waals surface area contributed by atoms with Crippen LogP contribution in [-0.4, -0.2) is 5.38 Å². The molecule has 4 aliphatic rings. The molecule has 0 nitrogen and oxygen atoms in total. The van der Waals surface area contributed by atoms with E-state index >= 15 is 0 Å². The van der Waals surface area contributed by atoms with Crippen molar-refractivity contribution in [3.63, 3.8) is 0 Å². The maximum atomic E-state index is 6.60. The van der Waals surface area contributed by atoms with Crippen molar-refractivity contribution in [3.05, 3.63) is 0 Å². The summed E-state index contributed by atoms with van der Waals surface area (Å²) in [4.78, 5) is 0. The van der Waals surface area contributed by atoms with Crippen molar-refractivity contribution in [1.29, 1.82) is 0 Å². The van der Waals surface area contributed by atoms with Crippen molar-refractivity contribution >= 4 is 11.6 Å². The number of alkyl halides is 1. The average Bonchev–Trinajstić information content (AvgIpc) is 2.99. The lowest BCUT2D eigenvalue weighted by Gasteiger charge is -2.61. The summed E-state index contributed by atoms with van der Waals surface area (Å²) in [7, 11) is 0. The second-order valence-corrected chi connectivity index (χ2v) is 13.2. The molecule has 4 aliphatic carbocycles. The third-order valence-electron chi connectivity index (χ3n) is 10.8. The van der Waals surface area contributed by atoms with Gasteiger partial charge in [0, 0.05) is 5.38 Å². The Labute approximate surface area is 181 Å². The predicted molar refractivity (Wildman–Crippen MR) is 123 cm³/mol. The maximum absolute atomic E-state index is 6.60. The Morgan fingerprint density at radius 2 is 1.54 bits per heavy atom. The maximum Gasteiger partial charge on any atom is 0.0339 e. The summed E-state index contributed by atoms with van der Waals surface area (Å²) in [5, 5.41) is 0.464. The Morgan fingerprint density at radius 3 is 2.29 bits per heavy atom. The van der Waals surface area contributed by atoms with Crippen LogP contribution in [0.2, 0.25) is 0 Å². The van der Waals surface area contributed by atoms with Gasteiger partial charge < -0.3 is 0 Å². The van der Waals surface area contributed by atoms with Gasteiger partial charge in [-0.05, 0) is 110 Å². The van der Waals surface area contributed by atoms with E-state index in [0.717, 1.165) is 41.4 Å². The van der Waals surface area contributed by atoms with Crippen molar-refractivity contribution in [2.24, 2.45) is 52.3 Å². The van der Waals surface area contributed by atoms with Crippen LogP contribution in [0.3, 0.4) is 0 Å². The van der Waals surface area contributed by atoms with Crippen molar-refractivity contribution in [1.82, 2.24) is 0 Å². The highest BCUT2D eigenvalue weighted by Gasteiger charge is 2.60. The highest BCUT2D eigenvalue weighted by Crippen LogP contribution is 2.68. The van der Waals surface area contributed by atoms with Crippen molar-refractivity contribution < 1.29 is 0 Å². The predicted octanol–water partition coefficient (Wildman–Crippen LogP) is 8.72. The standard InChI is InChI=1S/C27H47Cl/c1-18(2)7-6-8-19(3)23-11-12-24-22-10-9-20-17-21(28)13-15-26(20,4)25(22)14-16-27(23,24)5/h18-25H,6-17H2,1-5H3/t19-,20?,21-,22+,23-,24+,25+,26+,27-/m1/s1. The van der Waals surface area contributed by atoms with Crippen LogP contribution in [0, 0.1) is 52.3 Å². The van der Waals surface area contributed by atoms with Crippen LogP contribution in [0.4, 0.5) is 0 Å². The number of rotatable bonds is 5. The lowest BCUT2D eigenvalue weighted by molar-refractivity contribution is -0.113. The summed E-state index contributed by atoms with van der Waals surface area (Å²) in [6, 6.07) is 0. The molecule has 162 valence electrons. The molecule has 4 fully saturated rings. The summed E-state index contributed by atoms with van der Waals surface area (Å²) < 4.78 is 0. The largest absolute Gasteiger partial charge is 0.123 e. The first-order valence-electron chi connectivity index (χ1n) is 12.9. The van der Waals surface area contributed by atoms with E-state index in [1.807, 2.05) is 0 Å². The molecule has 0 aromatic heterocycles. The molecule has 28 heavy (non-hydrogen) atoms. The number of hydrogen-bond donors (Lipinski definition) is 0. The molecule has 1 heteroatoms. The van der Waals surface area contributed by atoms with E-state index in [9.17, 15) is 0 Å². The third kappa shape index (κ3) is 3.61. The van der Waals surface area contributed by atoms with Gasteiger partial charge in [0.15, 0.2) is 0 Å². The Kier molecular flexibility index (Phi) is 6.22. The molecule has 0 aliphatic heterocycles. The molecule has 9 atom stereocenters. The molecule has 0 aromatic rings. The SMILES string of the molecule is CC(C)CCC[C@@H](C)[C@H]1CC[C@H]2[C@@H]3CCC4C[C@H](Cl)CC[C@]4(C)[C@H]3CC[C@]12C. The van der Waals surface area contributed by atoms with E-state index in [2.05, 4.69) is 34.6 Å². The minimum absolute atomic E-state index is 0.464. The zero-order chi connectivity index (χ0) is 20.1. The summed E-state index contributed by atoms with van der Waals surface area (Å²) in [5.41, 5.74) is 1.25. The molecular weight excluding hydrogens is 360 g/mol. The van der Waals surface area contributed by atoms with Crippen LogP contribution >= 0.6 is 11.6 Å². The van der Waals surface area contributed by atoms with Gasteiger partial charge in [-0.3, -0.25) is 0 Å². The topological polar surface area (TPSA) is 0 Å². The molecule has 0 aromatic carbocycles. The zero-order valence-corrected chi connectivity index (χ0v) is 20.2. The van der Waals surface area contributed by atoms with E-state index in [1.54, 1.807) is 0 Å². The highest BCUT2D eigenvalue weighted by atomic mass is 35.5. The minimum Gasteiger partial charge on any atom is -0.123 e. The minimum atomic E-state index is 0.464. The molecular formula is C27H47Cl. The van der Waals surface area contributed by atoms with Crippen molar-refractivity contribution in [2.45, 2.75) is 117 Å². The lowest BCUT2D eigenvalue weighted by atomic mass is 9.44. The van der Waals surface area contributed by atoms with Gasteiger partial charge in [0.05, 0.1) is 0 Å². The van der Waals surface area contributed by atoms with Crippen LogP contribution in [0.1, 0.15) is 112 Å². The van der Waals surface area contributed by atoms with Crippen molar-refractivity contribution in [2.75, 3.05) is 0 Å². The second kappa shape index (κ2) is 8.09. The molecule has 4 rings (SSSR count). The van der Waals surface area contributed by atoms with Gasteiger partial charge in [-0.15, -0.1) is 11.6 Å². The summed E-state index contributed by atoms with van der Waals surface area (Å²) in [6.07, 6.45) is 17.4. The normalized spacial score (nSPS) is 49.4. The van der Waals surface area contributed by atoms with Crippen LogP contribution in [0.15, 0.2) is 0 Å². The summed E-state index contributed by atoms with van der Waals surface area (Å²) in [5.74, 6) is 6.77. The van der Waals surface area contributed by atoms with Gasteiger partial charge in [-0.2, -0.15) is 0 Å². The first-order chi connectivity index (χ1) is 13.3. The number of fused-ring (bicyclic) bond motifs is 5. The van der Waals surface area contributed by atoms with Gasteiger partial charge in [-0.25, -0.2) is 0 Å². The summed E-state index contributed by atoms with van der Waals surface area (Å²) in [6.45, 7) is 12.8. The summed E-state index contributed by atoms with van der Waals surface area (Å²) >= 11 is 6.60. The second-order valence-electron chi connectivity index (χ2n) is 12.6. The fraction of sp³-hybridized carbons (Fsp3) is 1.00. The van der Waals surface area contributed by atoms with Crippen LogP contribution < -0.4 is 0 Å². The number of hydrogen-bond acceptors (Lipinski definition) is 0. The Balaban J connectivity index is 1.46. The Hall–Kier alpha value is 0.290. The van der Waals surface area contributed by atoms with Gasteiger partial charge >= 0.3 is 0 Å². The zero-order valence-electron chi connectivity index (χ0n) is 19.5. The first kappa shape index (κ1) is 21.5. The molecule has 0 heterocycles. The number of halogens is 1. The fourth-order valence-corrected chi connectivity index (χ4v) is 9.55. The molecule has 1 unspecified atom stereocenters. The van der Waals surface area contributed by atoms with Gasteiger partial charge in [-0.1, -0.05) is 53.9 Å². The van der Waals surface area contributed by atoms with Crippen LogP contribution in [0.25, 0.3) is 0 Å². The van der Waals surface area contributed by atoms with Crippen molar-refractivity contribution in [3.8, 4) is 0 Å². The highest BCUT2D eigenvalue weighted by molar-refractivity contribution is 6.20. The molecule has 0 bridgehead atoms. The van der Waals surface area contributed by atoms with Crippen LogP contribution in [-0.2, 0) is 0 Å². The molecule has 4 saturated carbocycles. The Bertz CT molecular complexity index is 540. The quantitative estimate of drug-likeness (QED) is 0.400. The molecule has 0 saturated heterocycles. The lowest BCUT2D eigenvalue weighted by Crippen LogP contribution is -2.53. The Morgan fingerprint density at radius 1 is 0.821 bits per heavy atom. The van der Waals surface area contributed by atoms with E-state index in [1.165, 1.54) is 77.0 Å². The van der Waals surface area contributed by atoms with E-state index in [0.29, 0.717) is 16.2 Å². The van der Waals surface area contributed by atoms with Gasteiger partial charge in [0.25, 0.3) is 0 Å². The smallest absolute Gasteiger partial charge is 0.0339 e. The fourth-order valence-electron chi connectivity index (χ4n) is 9.23.